The monoisotopic (exact) mass is 512 g/mol. The number of hydrogen-bond acceptors (Lipinski definition) is 9. The SMILES string of the molecule is C=CCOc1ccc(CCC(=O)N2CCC3(CC2)CN=C(NC(=O)c2nc(Cl)c(N)nc2N)N3)cc1. The van der Waals surface area contributed by atoms with Crippen LogP contribution in [0.5, 0.6) is 5.75 Å². The fourth-order valence-electron chi connectivity index (χ4n) is 4.19. The molecule has 2 aliphatic heterocycles. The second-order valence-electron chi connectivity index (χ2n) is 8.78. The molecule has 0 atom stereocenters. The van der Waals surface area contributed by atoms with E-state index < -0.39 is 5.91 Å². The number of aromatic nitrogens is 2. The van der Waals surface area contributed by atoms with Gasteiger partial charge in [0.2, 0.25) is 5.91 Å². The highest BCUT2D eigenvalue weighted by Gasteiger charge is 2.40. The molecule has 2 aromatic rings. The van der Waals surface area contributed by atoms with Gasteiger partial charge >= 0.3 is 0 Å². The van der Waals surface area contributed by atoms with Crippen LogP contribution in [0, 0.1) is 0 Å². The summed E-state index contributed by atoms with van der Waals surface area (Å²) >= 11 is 5.86. The van der Waals surface area contributed by atoms with Gasteiger partial charge in [0.05, 0.1) is 12.1 Å². The highest BCUT2D eigenvalue weighted by Crippen LogP contribution is 2.26. The molecule has 0 radical (unpaired) electrons. The van der Waals surface area contributed by atoms with Crippen LogP contribution in [-0.4, -0.2) is 64.4 Å². The third-order valence-corrected chi connectivity index (χ3v) is 6.55. The minimum Gasteiger partial charge on any atom is -0.490 e. The number of nitrogen functional groups attached to an aromatic ring is 2. The number of carbonyl (C=O) groups is 2. The summed E-state index contributed by atoms with van der Waals surface area (Å²) in [6.07, 6.45) is 4.24. The maximum Gasteiger partial charge on any atom is 0.280 e. The molecular formula is C24H29ClN8O3. The van der Waals surface area contributed by atoms with Crippen LogP contribution in [0.3, 0.4) is 0 Å². The van der Waals surface area contributed by atoms with Crippen molar-refractivity contribution >= 4 is 41.0 Å². The van der Waals surface area contributed by atoms with E-state index in [1.165, 1.54) is 0 Å². The number of amides is 2. The predicted octanol–water partition coefficient (Wildman–Crippen LogP) is 1.54. The van der Waals surface area contributed by atoms with E-state index in [9.17, 15) is 9.59 Å². The lowest BCUT2D eigenvalue weighted by Crippen LogP contribution is -2.57. The molecule has 2 amide bonds. The van der Waals surface area contributed by atoms with Crippen LogP contribution >= 0.6 is 11.6 Å². The highest BCUT2D eigenvalue weighted by atomic mass is 35.5. The van der Waals surface area contributed by atoms with Crippen molar-refractivity contribution in [3.63, 3.8) is 0 Å². The van der Waals surface area contributed by atoms with Crippen LogP contribution < -0.4 is 26.8 Å². The smallest absolute Gasteiger partial charge is 0.280 e. The van der Waals surface area contributed by atoms with Gasteiger partial charge in [-0.05, 0) is 37.0 Å². The third-order valence-electron chi connectivity index (χ3n) is 6.27. The molecule has 1 aromatic carbocycles. The van der Waals surface area contributed by atoms with Crippen LogP contribution in [0.1, 0.15) is 35.3 Å². The van der Waals surface area contributed by atoms with Crippen molar-refractivity contribution in [3.05, 3.63) is 53.3 Å². The molecule has 1 spiro atoms. The Balaban J connectivity index is 1.23. The average Bonchev–Trinajstić information content (AvgIpc) is 3.25. The summed E-state index contributed by atoms with van der Waals surface area (Å²) < 4.78 is 5.49. The van der Waals surface area contributed by atoms with Crippen LogP contribution in [0.4, 0.5) is 11.6 Å². The van der Waals surface area contributed by atoms with Crippen molar-refractivity contribution in [2.24, 2.45) is 4.99 Å². The first-order chi connectivity index (χ1) is 17.3. The van der Waals surface area contributed by atoms with Gasteiger partial charge in [0.1, 0.15) is 12.4 Å². The van der Waals surface area contributed by atoms with Crippen molar-refractivity contribution in [1.82, 2.24) is 25.5 Å². The highest BCUT2D eigenvalue weighted by molar-refractivity contribution is 6.31. The lowest BCUT2D eigenvalue weighted by molar-refractivity contribution is -0.132. The second kappa shape index (κ2) is 10.8. The largest absolute Gasteiger partial charge is 0.490 e. The number of likely N-dealkylation sites (tertiary alicyclic amines) is 1. The first-order valence-corrected chi connectivity index (χ1v) is 12.0. The number of halogens is 1. The Labute approximate surface area is 214 Å². The van der Waals surface area contributed by atoms with E-state index in [1.807, 2.05) is 29.2 Å². The number of nitrogens with two attached hydrogens (primary N) is 2. The molecule has 4 rings (SSSR count). The van der Waals surface area contributed by atoms with Crippen molar-refractivity contribution in [1.29, 1.82) is 0 Å². The van der Waals surface area contributed by atoms with Gasteiger partial charge in [0.25, 0.3) is 5.91 Å². The van der Waals surface area contributed by atoms with E-state index >= 15 is 0 Å². The number of nitrogens with zero attached hydrogens (tertiary/aromatic N) is 4. The van der Waals surface area contributed by atoms with Gasteiger partial charge in [-0.1, -0.05) is 36.4 Å². The van der Waals surface area contributed by atoms with Gasteiger partial charge in [-0.3, -0.25) is 19.9 Å². The molecule has 3 heterocycles. The van der Waals surface area contributed by atoms with Crippen LogP contribution in [0.25, 0.3) is 0 Å². The fraction of sp³-hybridized carbons (Fsp3) is 0.375. The average molecular weight is 513 g/mol. The Morgan fingerprint density at radius 3 is 2.61 bits per heavy atom. The lowest BCUT2D eigenvalue weighted by Gasteiger charge is -2.39. The summed E-state index contributed by atoms with van der Waals surface area (Å²) in [4.78, 5) is 39.4. The maximum absolute atomic E-state index is 12.8. The Bertz CT molecular complexity index is 1180. The third kappa shape index (κ3) is 5.85. The van der Waals surface area contributed by atoms with Gasteiger partial charge < -0.3 is 26.4 Å². The standard InChI is InChI=1S/C24H29ClN8O3/c1-2-13-36-16-6-3-15(4-7-16)5-8-17(34)33-11-9-24(10-12-33)14-28-23(32-24)31-22(35)18-20(26)30-21(27)19(25)29-18/h2-4,6-7H,1,5,8-14H2,(H4,26,27,30)(H2,28,31,32,35). The number of guanidine groups is 1. The summed E-state index contributed by atoms with van der Waals surface area (Å²) in [6, 6.07) is 7.76. The molecule has 190 valence electrons. The molecular weight excluding hydrogens is 484 g/mol. The zero-order valence-corrected chi connectivity index (χ0v) is 20.6. The molecule has 6 N–H and O–H groups in total. The summed E-state index contributed by atoms with van der Waals surface area (Å²) in [5.41, 5.74) is 12.0. The van der Waals surface area contributed by atoms with E-state index in [4.69, 9.17) is 27.8 Å². The first kappa shape index (κ1) is 25.2. The normalized spacial score (nSPS) is 16.2. The molecule has 12 heteroatoms. The number of aliphatic imine (C=N–C) groups is 1. The van der Waals surface area contributed by atoms with Crippen molar-refractivity contribution in [2.45, 2.75) is 31.2 Å². The quantitative estimate of drug-likeness (QED) is 0.406. The van der Waals surface area contributed by atoms with Crippen LogP contribution in [0.2, 0.25) is 5.15 Å². The van der Waals surface area contributed by atoms with Gasteiger partial charge in [-0.15, -0.1) is 0 Å². The Hall–Kier alpha value is -3.86. The molecule has 36 heavy (non-hydrogen) atoms. The van der Waals surface area contributed by atoms with E-state index in [1.54, 1.807) is 6.08 Å². The molecule has 0 bridgehead atoms. The zero-order valence-electron chi connectivity index (χ0n) is 19.8. The summed E-state index contributed by atoms with van der Waals surface area (Å²) in [6.45, 7) is 5.82. The van der Waals surface area contributed by atoms with Crippen molar-refractivity contribution < 1.29 is 14.3 Å². The summed E-state index contributed by atoms with van der Waals surface area (Å²) in [5.74, 6) is 0.480. The van der Waals surface area contributed by atoms with E-state index in [0.717, 1.165) is 11.3 Å². The summed E-state index contributed by atoms with van der Waals surface area (Å²) in [7, 11) is 0. The number of rotatable bonds is 7. The number of hydrogen-bond donors (Lipinski definition) is 4. The predicted molar refractivity (Wildman–Crippen MR) is 138 cm³/mol. The molecule has 2 aliphatic rings. The second-order valence-corrected chi connectivity index (χ2v) is 9.14. The van der Waals surface area contributed by atoms with Crippen LogP contribution in [0.15, 0.2) is 41.9 Å². The Kier molecular flexibility index (Phi) is 7.58. The number of anilines is 2. The maximum atomic E-state index is 12.8. The molecule has 0 unspecified atom stereocenters. The van der Waals surface area contributed by atoms with Gasteiger partial charge in [0.15, 0.2) is 28.4 Å². The molecule has 1 saturated heterocycles. The number of benzene rings is 1. The van der Waals surface area contributed by atoms with E-state index in [0.29, 0.717) is 57.9 Å². The minimum atomic E-state index is -0.585. The van der Waals surface area contributed by atoms with E-state index in [2.05, 4.69) is 32.2 Å². The Morgan fingerprint density at radius 1 is 1.19 bits per heavy atom. The molecule has 0 aliphatic carbocycles. The number of ether oxygens (including phenoxy) is 1. The number of nitrogens with one attached hydrogen (secondary N) is 2. The number of aryl methyl sites for hydroxylation is 1. The molecule has 1 fully saturated rings. The zero-order chi connectivity index (χ0) is 25.7. The van der Waals surface area contributed by atoms with Gasteiger partial charge in [-0.2, -0.15) is 0 Å². The molecule has 1 aromatic heterocycles. The molecule has 0 saturated carbocycles. The summed E-state index contributed by atoms with van der Waals surface area (Å²) in [5, 5.41) is 5.87. The van der Waals surface area contributed by atoms with Gasteiger partial charge in [0, 0.05) is 19.5 Å². The first-order valence-electron chi connectivity index (χ1n) is 11.6. The lowest BCUT2D eigenvalue weighted by atomic mass is 9.88. The topological polar surface area (TPSA) is 161 Å². The molecule has 11 nitrogen and oxygen atoms in total. The fourth-order valence-corrected chi connectivity index (χ4v) is 4.32. The number of carbonyl (C=O) groups excluding carboxylic acids is 2. The number of piperidine rings is 1. The Morgan fingerprint density at radius 2 is 1.92 bits per heavy atom. The van der Waals surface area contributed by atoms with E-state index in [-0.39, 0.29) is 33.9 Å². The van der Waals surface area contributed by atoms with Crippen LogP contribution in [-0.2, 0) is 11.2 Å². The van der Waals surface area contributed by atoms with Crippen molar-refractivity contribution in [2.75, 3.05) is 37.7 Å². The minimum absolute atomic E-state index is 0.0472. The van der Waals surface area contributed by atoms with Gasteiger partial charge in [-0.25, -0.2) is 9.97 Å². The van der Waals surface area contributed by atoms with Crippen molar-refractivity contribution in [3.8, 4) is 5.75 Å².